The van der Waals surface area contributed by atoms with Gasteiger partial charge in [0.05, 0.1) is 17.9 Å². The fraction of sp³-hybridized carbons (Fsp3) is 0.393. The number of piperazine rings is 1. The summed E-state index contributed by atoms with van der Waals surface area (Å²) in [4.78, 5) is 34.7. The zero-order valence-corrected chi connectivity index (χ0v) is 26.7. The number of amides is 2. The van der Waals surface area contributed by atoms with Crippen molar-refractivity contribution in [3.05, 3.63) is 68.7 Å². The van der Waals surface area contributed by atoms with E-state index in [1.54, 1.807) is 30.0 Å². The summed E-state index contributed by atoms with van der Waals surface area (Å²) in [6.07, 6.45) is 3.26. The van der Waals surface area contributed by atoms with Crippen LogP contribution in [0, 0.1) is 0 Å². The molecule has 0 spiro atoms. The molecule has 4 heterocycles. The van der Waals surface area contributed by atoms with Crippen LogP contribution in [0.1, 0.15) is 25.3 Å². The molecule has 10 nitrogen and oxygen atoms in total. The number of anilines is 2. The standard InChI is InChI=1S/C28H29BrCl2N6O4S/c1-28(16-18-4-6-19(29)7-5-18)26(39)36(22-14-20(30)13-21(31)15-22)27-33-17-24(37(27)28)42(40,41)35-11-9-34(10-12-35)25(38)23-3-2-8-32-23/h4-7,13-15,17,23,32H,2-3,8-12,16H2,1H3/t23-,28-/m1/s1. The van der Waals surface area contributed by atoms with Crippen molar-refractivity contribution < 1.29 is 18.0 Å². The summed E-state index contributed by atoms with van der Waals surface area (Å²) in [5.74, 6) is -0.182. The molecule has 0 bridgehead atoms. The van der Waals surface area contributed by atoms with Gasteiger partial charge in [-0.3, -0.25) is 14.2 Å². The monoisotopic (exact) mass is 694 g/mol. The van der Waals surface area contributed by atoms with E-state index < -0.39 is 15.6 Å². The highest BCUT2D eigenvalue weighted by Crippen LogP contribution is 2.45. The van der Waals surface area contributed by atoms with E-state index in [1.165, 1.54) is 20.0 Å². The van der Waals surface area contributed by atoms with Crippen molar-refractivity contribution in [3.8, 4) is 0 Å². The van der Waals surface area contributed by atoms with Gasteiger partial charge in [0.2, 0.25) is 11.9 Å². The Morgan fingerprint density at radius 3 is 2.38 bits per heavy atom. The van der Waals surface area contributed by atoms with Gasteiger partial charge < -0.3 is 10.2 Å². The zero-order valence-electron chi connectivity index (χ0n) is 22.8. The second-order valence-electron chi connectivity index (χ2n) is 11.0. The van der Waals surface area contributed by atoms with Crippen molar-refractivity contribution >= 4 is 72.6 Å². The van der Waals surface area contributed by atoms with Gasteiger partial charge in [-0.05, 0) is 62.2 Å². The molecule has 1 aromatic heterocycles. The van der Waals surface area contributed by atoms with Crippen LogP contribution in [0.5, 0.6) is 0 Å². The highest BCUT2D eigenvalue weighted by Gasteiger charge is 2.52. The van der Waals surface area contributed by atoms with Gasteiger partial charge in [0.1, 0.15) is 5.54 Å². The molecule has 6 rings (SSSR count). The lowest BCUT2D eigenvalue weighted by Crippen LogP contribution is -2.54. The summed E-state index contributed by atoms with van der Waals surface area (Å²) in [5, 5.41) is 3.79. The van der Waals surface area contributed by atoms with Crippen molar-refractivity contribution in [3.63, 3.8) is 0 Å². The number of nitrogens with one attached hydrogen (secondary N) is 1. The van der Waals surface area contributed by atoms with Gasteiger partial charge in [0.25, 0.3) is 15.9 Å². The molecule has 222 valence electrons. The number of benzene rings is 2. The van der Waals surface area contributed by atoms with Crippen LogP contribution in [0.15, 0.2) is 58.2 Å². The van der Waals surface area contributed by atoms with E-state index >= 15 is 0 Å². The highest BCUT2D eigenvalue weighted by molar-refractivity contribution is 9.10. The van der Waals surface area contributed by atoms with Gasteiger partial charge in [-0.25, -0.2) is 18.3 Å². The molecule has 2 fully saturated rings. The Morgan fingerprint density at radius 2 is 1.76 bits per heavy atom. The van der Waals surface area contributed by atoms with Crippen LogP contribution in [-0.4, -0.2) is 77.8 Å². The maximum atomic E-state index is 14.3. The number of nitrogens with zero attached hydrogens (tertiary/aromatic N) is 5. The Hall–Kier alpha value is -2.48. The van der Waals surface area contributed by atoms with Gasteiger partial charge in [-0.2, -0.15) is 4.31 Å². The number of aromatic nitrogens is 2. The largest absolute Gasteiger partial charge is 0.339 e. The van der Waals surface area contributed by atoms with E-state index in [1.807, 2.05) is 24.3 Å². The van der Waals surface area contributed by atoms with Gasteiger partial charge in [0.15, 0.2) is 5.03 Å². The van der Waals surface area contributed by atoms with Crippen LogP contribution in [0.2, 0.25) is 10.0 Å². The Labute approximate surface area is 262 Å². The van der Waals surface area contributed by atoms with Gasteiger partial charge in [-0.1, -0.05) is 51.3 Å². The van der Waals surface area contributed by atoms with Gasteiger partial charge in [-0.15, -0.1) is 0 Å². The van der Waals surface area contributed by atoms with Crippen LogP contribution in [0.25, 0.3) is 0 Å². The van der Waals surface area contributed by atoms with Crippen LogP contribution in [0.3, 0.4) is 0 Å². The number of carbonyl (C=O) groups excluding carboxylic acids is 2. The lowest BCUT2D eigenvalue weighted by Gasteiger charge is -2.35. The SMILES string of the molecule is C[C@@]1(Cc2ccc(Br)cc2)C(=O)N(c2cc(Cl)cc(Cl)c2)c2ncc(S(=O)(=O)N3CCN(C(=O)[C@H]4CCCN4)CC3)n21. The molecule has 2 aromatic carbocycles. The van der Waals surface area contributed by atoms with E-state index in [0.717, 1.165) is 29.4 Å². The van der Waals surface area contributed by atoms with E-state index in [0.29, 0.717) is 28.8 Å². The van der Waals surface area contributed by atoms with E-state index in [2.05, 4.69) is 26.2 Å². The minimum atomic E-state index is -4.09. The highest BCUT2D eigenvalue weighted by atomic mass is 79.9. The lowest BCUT2D eigenvalue weighted by molar-refractivity contribution is -0.134. The van der Waals surface area contributed by atoms with Crippen LogP contribution < -0.4 is 10.2 Å². The first-order chi connectivity index (χ1) is 20.0. The second-order valence-corrected chi connectivity index (χ2v) is 14.6. The molecule has 1 N–H and O–H groups in total. The molecule has 2 atom stereocenters. The molecular formula is C28H29BrCl2N6O4S. The first kappa shape index (κ1) is 29.6. The second kappa shape index (κ2) is 11.2. The Balaban J connectivity index is 1.37. The number of hydrogen-bond donors (Lipinski definition) is 1. The van der Waals surface area contributed by atoms with Crippen LogP contribution >= 0.6 is 39.1 Å². The topological polar surface area (TPSA) is 108 Å². The quantitative estimate of drug-likeness (QED) is 0.415. The Morgan fingerprint density at radius 1 is 1.10 bits per heavy atom. The minimum Gasteiger partial charge on any atom is -0.339 e. The molecule has 3 aliphatic rings. The number of halogens is 3. The minimum absolute atomic E-state index is 0.0123. The maximum Gasteiger partial charge on any atom is 0.260 e. The molecule has 2 amide bonds. The van der Waals surface area contributed by atoms with Crippen LogP contribution in [0.4, 0.5) is 11.6 Å². The average molecular weight is 696 g/mol. The summed E-state index contributed by atoms with van der Waals surface area (Å²) < 4.78 is 32.1. The molecule has 2 saturated heterocycles. The number of imidazole rings is 1. The molecular weight excluding hydrogens is 667 g/mol. The fourth-order valence-corrected chi connectivity index (χ4v) is 8.40. The third-order valence-corrected chi connectivity index (χ3v) is 11.0. The first-order valence-electron chi connectivity index (χ1n) is 13.6. The fourth-order valence-electron chi connectivity index (χ4n) is 6.01. The Bertz CT molecular complexity index is 1630. The molecule has 3 aliphatic heterocycles. The molecule has 0 saturated carbocycles. The Kier molecular flexibility index (Phi) is 7.90. The summed E-state index contributed by atoms with van der Waals surface area (Å²) in [6.45, 7) is 3.41. The zero-order chi connectivity index (χ0) is 29.8. The molecule has 42 heavy (non-hydrogen) atoms. The molecule has 0 radical (unpaired) electrons. The third-order valence-electron chi connectivity index (χ3n) is 8.15. The predicted octanol–water partition coefficient (Wildman–Crippen LogP) is 4.17. The summed E-state index contributed by atoms with van der Waals surface area (Å²) in [5.41, 5.74) is -0.0980. The van der Waals surface area contributed by atoms with Crippen molar-refractivity contribution in [2.75, 3.05) is 37.6 Å². The molecule has 0 aliphatic carbocycles. The van der Waals surface area contributed by atoms with Crippen molar-refractivity contribution in [2.24, 2.45) is 0 Å². The van der Waals surface area contributed by atoms with Crippen molar-refractivity contribution in [1.29, 1.82) is 0 Å². The van der Waals surface area contributed by atoms with E-state index in [4.69, 9.17) is 23.2 Å². The summed E-state index contributed by atoms with van der Waals surface area (Å²) >= 11 is 16.0. The molecule has 14 heteroatoms. The number of carbonyl (C=O) groups is 2. The van der Waals surface area contributed by atoms with Crippen LogP contribution in [-0.2, 0) is 31.6 Å². The third kappa shape index (κ3) is 5.16. The predicted molar refractivity (Wildman–Crippen MR) is 164 cm³/mol. The smallest absolute Gasteiger partial charge is 0.260 e. The van der Waals surface area contributed by atoms with E-state index in [9.17, 15) is 18.0 Å². The number of sulfonamides is 1. The summed E-state index contributed by atoms with van der Waals surface area (Å²) in [6, 6.07) is 12.1. The molecule has 3 aromatic rings. The van der Waals surface area contributed by atoms with Gasteiger partial charge >= 0.3 is 0 Å². The first-order valence-corrected chi connectivity index (χ1v) is 16.6. The van der Waals surface area contributed by atoms with E-state index in [-0.39, 0.29) is 48.3 Å². The number of rotatable bonds is 6. The lowest BCUT2D eigenvalue weighted by atomic mass is 9.92. The number of hydrogen-bond acceptors (Lipinski definition) is 6. The van der Waals surface area contributed by atoms with Gasteiger partial charge in [0, 0.05) is 47.1 Å². The summed E-state index contributed by atoms with van der Waals surface area (Å²) in [7, 11) is -4.09. The van der Waals surface area contributed by atoms with Crippen molar-refractivity contribution in [1.82, 2.24) is 24.1 Å². The maximum absolute atomic E-state index is 14.3. The normalized spacial score (nSPS) is 23.0. The molecule has 0 unspecified atom stereocenters. The average Bonchev–Trinajstić information content (AvgIpc) is 3.69. The number of fused-ring (bicyclic) bond motifs is 1. The van der Waals surface area contributed by atoms with Crippen molar-refractivity contribution in [2.45, 2.75) is 42.8 Å².